The van der Waals surface area contributed by atoms with Crippen molar-refractivity contribution in [3.05, 3.63) is 95.2 Å². The number of carbonyl (C=O) groups is 1. The molecule has 6 heteroatoms. The molecule has 1 aliphatic carbocycles. The maximum atomic E-state index is 13.8. The first-order valence-corrected chi connectivity index (χ1v) is 11.2. The normalized spacial score (nSPS) is 18.6. The highest BCUT2D eigenvalue weighted by Crippen LogP contribution is 2.49. The number of Topliss-reactive ketones (excluding diaryl/α,β-unsaturated/α-hetero) is 1. The van der Waals surface area contributed by atoms with Gasteiger partial charge in [0.05, 0.1) is 17.2 Å². The van der Waals surface area contributed by atoms with Crippen LogP contribution in [-0.2, 0) is 14.1 Å². The fourth-order valence-electron chi connectivity index (χ4n) is 5.67. The molecule has 0 spiro atoms. The van der Waals surface area contributed by atoms with Gasteiger partial charge in [-0.05, 0) is 68.0 Å². The highest BCUT2D eigenvalue weighted by Gasteiger charge is 2.48. The Bertz CT molecular complexity index is 1520. The van der Waals surface area contributed by atoms with E-state index in [4.69, 9.17) is 4.99 Å². The van der Waals surface area contributed by atoms with E-state index in [9.17, 15) is 14.4 Å². The fourth-order valence-corrected chi connectivity index (χ4v) is 5.67. The van der Waals surface area contributed by atoms with Gasteiger partial charge in [-0.25, -0.2) is 9.79 Å². The van der Waals surface area contributed by atoms with Gasteiger partial charge in [0.1, 0.15) is 5.82 Å². The SMILES string of the molecule is Cc1c(C)c(C)c([C@@H]2c3c(n(C)c(=O)n(C)c3=O)N=C3c4ccccc4C(=O)[C@H]32)c(C)c1C. The zero-order valence-corrected chi connectivity index (χ0v) is 20.0. The van der Waals surface area contributed by atoms with E-state index in [0.29, 0.717) is 22.7 Å². The zero-order valence-electron chi connectivity index (χ0n) is 20.0. The molecule has 0 bridgehead atoms. The van der Waals surface area contributed by atoms with Crippen LogP contribution >= 0.6 is 0 Å². The van der Waals surface area contributed by atoms with E-state index >= 15 is 0 Å². The summed E-state index contributed by atoms with van der Waals surface area (Å²) >= 11 is 0. The molecule has 5 rings (SSSR count). The Kier molecular flexibility index (Phi) is 4.51. The number of aliphatic imine (C=N–C) groups is 1. The van der Waals surface area contributed by atoms with Crippen LogP contribution in [0.5, 0.6) is 0 Å². The fraction of sp³-hybridized carbons (Fsp3) is 0.333. The van der Waals surface area contributed by atoms with Crippen molar-refractivity contribution < 1.29 is 4.79 Å². The number of carbonyl (C=O) groups excluding carboxylic acids is 1. The smallest absolute Gasteiger partial charge is 0.293 e. The summed E-state index contributed by atoms with van der Waals surface area (Å²) in [6, 6.07) is 7.46. The van der Waals surface area contributed by atoms with Crippen LogP contribution in [0.25, 0.3) is 0 Å². The van der Waals surface area contributed by atoms with E-state index in [-0.39, 0.29) is 11.3 Å². The summed E-state index contributed by atoms with van der Waals surface area (Å²) in [5, 5.41) is 0. The van der Waals surface area contributed by atoms with Gasteiger partial charge in [-0.1, -0.05) is 24.3 Å². The lowest BCUT2D eigenvalue weighted by molar-refractivity contribution is 0.0953. The van der Waals surface area contributed by atoms with E-state index in [1.807, 2.05) is 24.3 Å². The van der Waals surface area contributed by atoms with Crippen LogP contribution in [0, 0.1) is 40.5 Å². The molecule has 2 heterocycles. The molecule has 1 aromatic heterocycles. The molecule has 2 atom stereocenters. The third-order valence-electron chi connectivity index (χ3n) is 7.95. The van der Waals surface area contributed by atoms with Crippen LogP contribution in [0.4, 0.5) is 5.82 Å². The number of fused-ring (bicyclic) bond motifs is 4. The summed E-state index contributed by atoms with van der Waals surface area (Å²) in [6.45, 7) is 10.4. The van der Waals surface area contributed by atoms with E-state index in [1.54, 1.807) is 7.05 Å². The summed E-state index contributed by atoms with van der Waals surface area (Å²) in [4.78, 5) is 44.9. The summed E-state index contributed by atoms with van der Waals surface area (Å²) < 4.78 is 2.55. The van der Waals surface area contributed by atoms with Crippen LogP contribution in [0.1, 0.15) is 60.8 Å². The van der Waals surface area contributed by atoms with Crippen molar-refractivity contribution >= 4 is 17.3 Å². The van der Waals surface area contributed by atoms with Gasteiger partial charge >= 0.3 is 5.69 Å². The predicted molar refractivity (Wildman–Crippen MR) is 129 cm³/mol. The van der Waals surface area contributed by atoms with E-state index in [1.165, 1.54) is 17.2 Å². The standard InChI is InChI=1S/C27H27N3O3/c1-12-13(2)15(4)19(16(5)14(12)3)20-21-23(17-10-8-9-11-18(17)24(21)31)28-25-22(20)26(32)30(7)27(33)29(25)6/h8-11,20-21H,1-7H3/t20-,21-/m0/s1. The summed E-state index contributed by atoms with van der Waals surface area (Å²) in [5.74, 6) is -0.793. The van der Waals surface area contributed by atoms with Crippen molar-refractivity contribution in [2.75, 3.05) is 0 Å². The zero-order chi connectivity index (χ0) is 23.9. The van der Waals surface area contributed by atoms with Crippen molar-refractivity contribution in [3.63, 3.8) is 0 Å². The molecule has 0 saturated heterocycles. The highest BCUT2D eigenvalue weighted by atomic mass is 16.2. The topological polar surface area (TPSA) is 73.4 Å². The van der Waals surface area contributed by atoms with Crippen molar-refractivity contribution in [2.45, 2.75) is 40.5 Å². The Hall–Kier alpha value is -3.54. The van der Waals surface area contributed by atoms with Gasteiger partial charge in [0.2, 0.25) is 0 Å². The van der Waals surface area contributed by atoms with Crippen molar-refractivity contribution in [3.8, 4) is 0 Å². The third-order valence-corrected chi connectivity index (χ3v) is 7.95. The second-order valence-electron chi connectivity index (χ2n) is 9.34. The van der Waals surface area contributed by atoms with Crippen molar-refractivity contribution in [2.24, 2.45) is 25.0 Å². The minimum atomic E-state index is -0.598. The molecular formula is C27H27N3O3. The molecule has 0 amide bonds. The Morgan fingerprint density at radius 3 is 1.85 bits per heavy atom. The number of hydrogen-bond acceptors (Lipinski definition) is 4. The molecule has 0 saturated carbocycles. The highest BCUT2D eigenvalue weighted by molar-refractivity contribution is 6.30. The van der Waals surface area contributed by atoms with E-state index in [0.717, 1.165) is 37.9 Å². The van der Waals surface area contributed by atoms with Gasteiger partial charge in [0.15, 0.2) is 5.78 Å². The third kappa shape index (κ3) is 2.60. The average Bonchev–Trinajstić information content (AvgIpc) is 3.10. The lowest BCUT2D eigenvalue weighted by Gasteiger charge is -2.33. The number of benzene rings is 2. The van der Waals surface area contributed by atoms with Crippen LogP contribution in [0.2, 0.25) is 0 Å². The molecule has 0 fully saturated rings. The van der Waals surface area contributed by atoms with Crippen molar-refractivity contribution in [1.82, 2.24) is 9.13 Å². The first-order valence-electron chi connectivity index (χ1n) is 11.2. The number of ketones is 1. The molecule has 0 unspecified atom stereocenters. The monoisotopic (exact) mass is 441 g/mol. The Balaban J connectivity index is 1.98. The molecule has 1 aliphatic heterocycles. The largest absolute Gasteiger partial charge is 0.332 e. The minimum absolute atomic E-state index is 0.0226. The molecule has 168 valence electrons. The first kappa shape index (κ1) is 21.3. The Labute approximate surface area is 192 Å². The maximum Gasteiger partial charge on any atom is 0.332 e. The maximum absolute atomic E-state index is 13.8. The lowest BCUT2D eigenvalue weighted by atomic mass is 9.72. The molecule has 0 radical (unpaired) electrons. The van der Waals surface area contributed by atoms with E-state index < -0.39 is 17.5 Å². The summed E-state index contributed by atoms with van der Waals surface area (Å²) in [5.41, 5.74) is 8.33. The van der Waals surface area contributed by atoms with Gasteiger partial charge in [0.25, 0.3) is 5.56 Å². The molecular weight excluding hydrogens is 414 g/mol. The Morgan fingerprint density at radius 1 is 0.697 bits per heavy atom. The van der Waals surface area contributed by atoms with Crippen LogP contribution in [-0.4, -0.2) is 20.6 Å². The second-order valence-corrected chi connectivity index (χ2v) is 9.34. The van der Waals surface area contributed by atoms with Gasteiger partial charge in [-0.3, -0.25) is 18.7 Å². The van der Waals surface area contributed by atoms with Gasteiger partial charge in [-0.2, -0.15) is 0 Å². The number of aromatic nitrogens is 2. The molecule has 2 aliphatic rings. The Morgan fingerprint density at radius 2 is 1.24 bits per heavy atom. The number of nitrogens with zero attached hydrogens (tertiary/aromatic N) is 3. The summed E-state index contributed by atoms with van der Waals surface area (Å²) in [7, 11) is 3.12. The molecule has 3 aromatic rings. The van der Waals surface area contributed by atoms with Gasteiger partial charge in [-0.15, -0.1) is 0 Å². The predicted octanol–water partition coefficient (Wildman–Crippen LogP) is 3.70. The number of rotatable bonds is 1. The lowest BCUT2D eigenvalue weighted by Crippen LogP contribution is -2.43. The van der Waals surface area contributed by atoms with Gasteiger partial charge < -0.3 is 0 Å². The van der Waals surface area contributed by atoms with Crippen LogP contribution in [0.15, 0.2) is 38.8 Å². The van der Waals surface area contributed by atoms with Crippen LogP contribution < -0.4 is 11.2 Å². The molecule has 33 heavy (non-hydrogen) atoms. The quantitative estimate of drug-likeness (QED) is 0.578. The van der Waals surface area contributed by atoms with E-state index in [2.05, 4.69) is 34.6 Å². The molecule has 2 aromatic carbocycles. The molecule has 0 N–H and O–H groups in total. The summed E-state index contributed by atoms with van der Waals surface area (Å²) in [6.07, 6.45) is 0. The second kappa shape index (κ2) is 6.98. The average molecular weight is 442 g/mol. The molecule has 6 nitrogen and oxygen atoms in total. The first-order chi connectivity index (χ1) is 15.6. The van der Waals surface area contributed by atoms with Crippen LogP contribution in [0.3, 0.4) is 0 Å². The van der Waals surface area contributed by atoms with Gasteiger partial charge in [0, 0.05) is 31.1 Å². The number of hydrogen-bond donors (Lipinski definition) is 0. The minimum Gasteiger partial charge on any atom is -0.293 e. The van der Waals surface area contributed by atoms with Crippen molar-refractivity contribution in [1.29, 1.82) is 0 Å².